The van der Waals surface area contributed by atoms with Crippen molar-refractivity contribution in [3.05, 3.63) is 29.6 Å². The maximum Gasteiger partial charge on any atom is 0.165 e. The molecule has 0 saturated heterocycles. The van der Waals surface area contributed by atoms with Crippen molar-refractivity contribution in [3.63, 3.8) is 0 Å². The number of carbonyl (C=O) groups is 1. The number of rotatable bonds is 7. The number of hydrogen-bond acceptors (Lipinski definition) is 3. The summed E-state index contributed by atoms with van der Waals surface area (Å²) >= 11 is 0. The number of aliphatic hydroxyl groups is 1. The first kappa shape index (κ1) is 12.6. The van der Waals surface area contributed by atoms with Crippen LogP contribution < -0.4 is 4.74 Å². The molecule has 0 fully saturated rings. The van der Waals surface area contributed by atoms with Gasteiger partial charge in [0.05, 0.1) is 6.61 Å². The predicted molar refractivity (Wildman–Crippen MR) is 58.2 cm³/mol. The van der Waals surface area contributed by atoms with Crippen molar-refractivity contribution in [2.45, 2.75) is 19.3 Å². The summed E-state index contributed by atoms with van der Waals surface area (Å²) < 4.78 is 18.5. The molecule has 0 unspecified atom stereocenters. The highest BCUT2D eigenvalue weighted by atomic mass is 19.1. The highest BCUT2D eigenvalue weighted by molar-refractivity contribution is 5.74. The lowest BCUT2D eigenvalue weighted by Gasteiger charge is -2.06. The quantitative estimate of drug-likeness (QED) is 0.572. The van der Waals surface area contributed by atoms with Gasteiger partial charge in [-0.25, -0.2) is 4.39 Å². The molecule has 0 atom stereocenters. The third kappa shape index (κ3) is 3.98. The molecule has 1 N–H and O–H groups in total. The fourth-order valence-electron chi connectivity index (χ4n) is 1.28. The highest BCUT2D eigenvalue weighted by Crippen LogP contribution is 2.17. The summed E-state index contributed by atoms with van der Waals surface area (Å²) in [4.78, 5) is 10.4. The summed E-state index contributed by atoms with van der Waals surface area (Å²) in [5.74, 6) is -0.360. The molecule has 88 valence electrons. The molecule has 1 rings (SSSR count). The highest BCUT2D eigenvalue weighted by Gasteiger charge is 2.03. The maximum absolute atomic E-state index is 13.3. The molecule has 0 saturated carbocycles. The second-order valence-electron chi connectivity index (χ2n) is 3.44. The summed E-state index contributed by atoms with van der Waals surface area (Å²) in [5, 5.41) is 8.55. The zero-order valence-electron chi connectivity index (χ0n) is 8.99. The lowest BCUT2D eigenvalue weighted by atomic mass is 10.2. The number of ether oxygens (including phenoxy) is 1. The average Bonchev–Trinajstić information content (AvgIpc) is 2.30. The minimum Gasteiger partial charge on any atom is -0.491 e. The van der Waals surface area contributed by atoms with Crippen molar-refractivity contribution in [2.75, 3.05) is 13.2 Å². The van der Waals surface area contributed by atoms with Gasteiger partial charge in [-0.15, -0.1) is 0 Å². The van der Waals surface area contributed by atoms with Gasteiger partial charge in [0.25, 0.3) is 0 Å². The molecule has 1 aromatic rings. The van der Waals surface area contributed by atoms with E-state index in [1.807, 2.05) is 0 Å². The fraction of sp³-hybridized carbons (Fsp3) is 0.417. The first-order chi connectivity index (χ1) is 7.77. The molecular weight excluding hydrogens is 211 g/mol. The first-order valence-electron chi connectivity index (χ1n) is 5.26. The predicted octanol–water partition coefficient (Wildman–Crippen LogP) is 2.18. The molecule has 0 heterocycles. The smallest absolute Gasteiger partial charge is 0.165 e. The van der Waals surface area contributed by atoms with Crippen LogP contribution in [0.5, 0.6) is 5.75 Å². The van der Waals surface area contributed by atoms with Gasteiger partial charge in [0.15, 0.2) is 11.6 Å². The molecule has 0 aliphatic rings. The Bertz CT molecular complexity index is 339. The van der Waals surface area contributed by atoms with E-state index in [0.717, 1.165) is 25.3 Å². The van der Waals surface area contributed by atoms with Crippen molar-refractivity contribution < 1.29 is 19.0 Å². The third-order valence-corrected chi connectivity index (χ3v) is 2.15. The molecule has 4 heteroatoms. The van der Waals surface area contributed by atoms with E-state index in [1.165, 1.54) is 12.1 Å². The number of halogens is 1. The Morgan fingerprint density at radius 2 is 2.12 bits per heavy atom. The monoisotopic (exact) mass is 226 g/mol. The Balaban J connectivity index is 2.39. The van der Waals surface area contributed by atoms with Gasteiger partial charge in [-0.2, -0.15) is 0 Å². The lowest BCUT2D eigenvalue weighted by molar-refractivity contribution is 0.112. The van der Waals surface area contributed by atoms with E-state index in [9.17, 15) is 9.18 Å². The number of carbonyl (C=O) groups excluding carboxylic acids is 1. The molecule has 0 aromatic heterocycles. The molecule has 0 bridgehead atoms. The second-order valence-corrected chi connectivity index (χ2v) is 3.44. The van der Waals surface area contributed by atoms with Crippen LogP contribution in [0.2, 0.25) is 0 Å². The van der Waals surface area contributed by atoms with Gasteiger partial charge < -0.3 is 9.84 Å². The number of aldehydes is 1. The molecule has 0 aliphatic heterocycles. The fourth-order valence-corrected chi connectivity index (χ4v) is 1.28. The number of benzene rings is 1. The van der Waals surface area contributed by atoms with E-state index < -0.39 is 5.82 Å². The Kier molecular flexibility index (Phi) is 5.50. The molecule has 16 heavy (non-hydrogen) atoms. The van der Waals surface area contributed by atoms with Gasteiger partial charge in [0.1, 0.15) is 6.29 Å². The first-order valence-corrected chi connectivity index (χ1v) is 5.26. The zero-order valence-corrected chi connectivity index (χ0v) is 8.99. The summed E-state index contributed by atoms with van der Waals surface area (Å²) in [6, 6.07) is 4.11. The maximum atomic E-state index is 13.3. The van der Waals surface area contributed by atoms with Gasteiger partial charge in [-0.3, -0.25) is 4.79 Å². The molecule has 3 nitrogen and oxygen atoms in total. The van der Waals surface area contributed by atoms with Gasteiger partial charge in [0.2, 0.25) is 0 Å². The van der Waals surface area contributed by atoms with E-state index in [1.54, 1.807) is 0 Å². The van der Waals surface area contributed by atoms with Crippen LogP contribution >= 0.6 is 0 Å². The number of hydrogen-bond donors (Lipinski definition) is 1. The van der Waals surface area contributed by atoms with Crippen LogP contribution in [0.15, 0.2) is 18.2 Å². The van der Waals surface area contributed by atoms with E-state index in [-0.39, 0.29) is 12.4 Å². The van der Waals surface area contributed by atoms with Crippen molar-refractivity contribution >= 4 is 6.29 Å². The van der Waals surface area contributed by atoms with Crippen LogP contribution in [0.4, 0.5) is 4.39 Å². The van der Waals surface area contributed by atoms with E-state index in [2.05, 4.69) is 0 Å². The molecule has 1 aromatic carbocycles. The van der Waals surface area contributed by atoms with Crippen LogP contribution in [0, 0.1) is 5.82 Å². The normalized spacial score (nSPS) is 10.1. The molecule has 0 spiro atoms. The Morgan fingerprint density at radius 3 is 2.75 bits per heavy atom. The lowest BCUT2D eigenvalue weighted by Crippen LogP contribution is -2.00. The zero-order chi connectivity index (χ0) is 11.8. The minimum atomic E-state index is -0.522. The van der Waals surface area contributed by atoms with Gasteiger partial charge in [0, 0.05) is 12.2 Å². The molecule has 0 amide bonds. The topological polar surface area (TPSA) is 46.5 Å². The van der Waals surface area contributed by atoms with Crippen molar-refractivity contribution in [1.29, 1.82) is 0 Å². The summed E-state index contributed by atoms with van der Waals surface area (Å²) in [5.41, 5.74) is 0.296. The van der Waals surface area contributed by atoms with Gasteiger partial charge in [-0.05, 0) is 37.5 Å². The van der Waals surface area contributed by atoms with Crippen LogP contribution in [0.1, 0.15) is 29.6 Å². The molecule has 0 radical (unpaired) electrons. The van der Waals surface area contributed by atoms with Crippen molar-refractivity contribution in [3.8, 4) is 5.75 Å². The third-order valence-electron chi connectivity index (χ3n) is 2.15. The van der Waals surface area contributed by atoms with E-state index in [0.29, 0.717) is 18.5 Å². The van der Waals surface area contributed by atoms with Gasteiger partial charge >= 0.3 is 0 Å². The largest absolute Gasteiger partial charge is 0.491 e. The summed E-state index contributed by atoms with van der Waals surface area (Å²) in [6.07, 6.45) is 2.95. The van der Waals surface area contributed by atoms with Crippen molar-refractivity contribution in [2.24, 2.45) is 0 Å². The van der Waals surface area contributed by atoms with Crippen LogP contribution in [-0.4, -0.2) is 24.6 Å². The van der Waals surface area contributed by atoms with E-state index in [4.69, 9.17) is 9.84 Å². The van der Waals surface area contributed by atoms with Crippen LogP contribution in [0.3, 0.4) is 0 Å². The second kappa shape index (κ2) is 6.95. The van der Waals surface area contributed by atoms with Gasteiger partial charge in [-0.1, -0.05) is 0 Å². The van der Waals surface area contributed by atoms with E-state index >= 15 is 0 Å². The Morgan fingerprint density at radius 1 is 1.31 bits per heavy atom. The SMILES string of the molecule is O=Cc1ccc(OCCCCCO)c(F)c1. The average molecular weight is 226 g/mol. The molecular formula is C12H15FO3. The number of aliphatic hydroxyl groups excluding tert-OH is 1. The standard InChI is InChI=1S/C12H15FO3/c13-11-8-10(9-15)4-5-12(11)16-7-3-1-2-6-14/h4-5,8-9,14H,1-3,6-7H2. The Labute approximate surface area is 93.9 Å². The Hall–Kier alpha value is -1.42. The number of unbranched alkanes of at least 4 members (excludes halogenated alkanes) is 2. The minimum absolute atomic E-state index is 0.162. The summed E-state index contributed by atoms with van der Waals surface area (Å²) in [6.45, 7) is 0.583. The summed E-state index contributed by atoms with van der Waals surface area (Å²) in [7, 11) is 0. The van der Waals surface area contributed by atoms with Crippen LogP contribution in [0.25, 0.3) is 0 Å². The molecule has 0 aliphatic carbocycles. The van der Waals surface area contributed by atoms with Crippen LogP contribution in [-0.2, 0) is 0 Å². The van der Waals surface area contributed by atoms with Crippen molar-refractivity contribution in [1.82, 2.24) is 0 Å².